The fraction of sp³-hybridized carbons (Fsp3) is 0.389. The predicted molar refractivity (Wildman–Crippen MR) is 104 cm³/mol. The van der Waals surface area contributed by atoms with Crippen molar-refractivity contribution in [3.05, 3.63) is 54.2 Å². The number of nitrogens with two attached hydrogens (primary N) is 1. The first kappa shape index (κ1) is 20.8. The molecule has 3 aromatic rings. The highest BCUT2D eigenvalue weighted by Gasteiger charge is 2.44. The molecule has 4 rings (SSSR count). The maximum Gasteiger partial charge on any atom is 0.333 e. The Labute approximate surface area is 172 Å². The second kappa shape index (κ2) is 8.34. The molecule has 0 unspecified atom stereocenters. The maximum atomic E-state index is 11.0. The highest BCUT2D eigenvalue weighted by Crippen LogP contribution is 2.31. The number of aryl methyl sites for hydroxylation is 2. The van der Waals surface area contributed by atoms with Crippen molar-refractivity contribution in [2.24, 2.45) is 5.14 Å². The smallest absolute Gasteiger partial charge is 0.333 e. The average Bonchev–Trinajstić information content (AvgIpc) is 3.26. The van der Waals surface area contributed by atoms with Gasteiger partial charge >= 0.3 is 10.3 Å². The monoisotopic (exact) mass is 435 g/mol. The van der Waals surface area contributed by atoms with Crippen molar-refractivity contribution in [3.63, 3.8) is 0 Å². The summed E-state index contributed by atoms with van der Waals surface area (Å²) in [5.41, 5.74) is 2.08. The van der Waals surface area contributed by atoms with Crippen LogP contribution < -0.4 is 5.14 Å². The van der Waals surface area contributed by atoms with Crippen LogP contribution in [0.5, 0.6) is 0 Å². The van der Waals surface area contributed by atoms with E-state index in [2.05, 4.69) is 19.1 Å². The summed E-state index contributed by atoms with van der Waals surface area (Å²) in [6, 6.07) is 9.93. The van der Waals surface area contributed by atoms with Crippen molar-refractivity contribution in [2.75, 3.05) is 6.61 Å². The summed E-state index contributed by atoms with van der Waals surface area (Å²) >= 11 is 0. The Morgan fingerprint density at radius 3 is 2.63 bits per heavy atom. The predicted octanol–water partition coefficient (Wildman–Crippen LogP) is -0.549. The molecule has 12 heteroatoms. The van der Waals surface area contributed by atoms with E-state index in [1.807, 2.05) is 30.3 Å². The number of rotatable bonds is 7. The van der Waals surface area contributed by atoms with Crippen LogP contribution in [0.1, 0.15) is 17.6 Å². The Morgan fingerprint density at radius 2 is 1.90 bits per heavy atom. The molecule has 0 saturated carbocycles. The van der Waals surface area contributed by atoms with Gasteiger partial charge in [-0.1, -0.05) is 30.3 Å². The van der Waals surface area contributed by atoms with Crippen molar-refractivity contribution < 1.29 is 27.6 Å². The molecule has 1 aliphatic rings. The number of benzene rings is 1. The lowest BCUT2D eigenvalue weighted by Crippen LogP contribution is -2.35. The summed E-state index contributed by atoms with van der Waals surface area (Å²) in [6.45, 7) is -0.530. The highest BCUT2D eigenvalue weighted by atomic mass is 32.2. The van der Waals surface area contributed by atoms with Gasteiger partial charge in [0.2, 0.25) is 0 Å². The molecule has 1 aromatic carbocycles. The van der Waals surface area contributed by atoms with Crippen LogP contribution in [0, 0.1) is 0 Å². The van der Waals surface area contributed by atoms with Crippen LogP contribution in [0.2, 0.25) is 0 Å². The molecule has 0 spiro atoms. The van der Waals surface area contributed by atoms with Gasteiger partial charge in [-0.15, -0.1) is 0 Å². The van der Waals surface area contributed by atoms with Crippen LogP contribution in [0.25, 0.3) is 11.2 Å². The van der Waals surface area contributed by atoms with Gasteiger partial charge in [-0.3, -0.25) is 8.75 Å². The lowest BCUT2D eigenvalue weighted by atomic mass is 10.1. The second-order valence-electron chi connectivity index (χ2n) is 6.96. The minimum atomic E-state index is -4.21. The summed E-state index contributed by atoms with van der Waals surface area (Å²) in [4.78, 5) is 13.1. The third-order valence-electron chi connectivity index (χ3n) is 4.85. The largest absolute Gasteiger partial charge is 0.387 e. The van der Waals surface area contributed by atoms with Gasteiger partial charge in [0.25, 0.3) is 0 Å². The van der Waals surface area contributed by atoms with Gasteiger partial charge in [0.1, 0.15) is 29.7 Å². The molecular weight excluding hydrogens is 414 g/mol. The minimum Gasteiger partial charge on any atom is -0.387 e. The Kier molecular flexibility index (Phi) is 5.77. The quantitative estimate of drug-likeness (QED) is 0.442. The number of ether oxygens (including phenoxy) is 1. The van der Waals surface area contributed by atoms with Crippen LogP contribution in [0.3, 0.4) is 0 Å². The summed E-state index contributed by atoms with van der Waals surface area (Å²) < 4.78 is 33.6. The maximum absolute atomic E-state index is 11.0. The van der Waals surface area contributed by atoms with Gasteiger partial charge in [0.15, 0.2) is 11.9 Å². The number of nitrogens with zero attached hydrogens (tertiary/aromatic N) is 4. The summed E-state index contributed by atoms with van der Waals surface area (Å²) in [5.74, 6) is 0.593. The third-order valence-corrected chi connectivity index (χ3v) is 5.32. The molecule has 0 radical (unpaired) electrons. The third kappa shape index (κ3) is 4.48. The highest BCUT2D eigenvalue weighted by molar-refractivity contribution is 7.84. The van der Waals surface area contributed by atoms with E-state index >= 15 is 0 Å². The molecule has 4 N–H and O–H groups in total. The van der Waals surface area contributed by atoms with Crippen molar-refractivity contribution in [3.8, 4) is 0 Å². The Hall–Kier alpha value is -2.48. The molecular formula is C18H21N5O6S. The van der Waals surface area contributed by atoms with Crippen molar-refractivity contribution in [1.82, 2.24) is 19.5 Å². The molecule has 0 aliphatic carbocycles. The van der Waals surface area contributed by atoms with E-state index in [-0.39, 0.29) is 0 Å². The van der Waals surface area contributed by atoms with Gasteiger partial charge in [0.05, 0.1) is 19.1 Å². The lowest BCUT2D eigenvalue weighted by Gasteiger charge is -2.16. The number of imidazole rings is 1. The molecule has 1 aliphatic heterocycles. The number of aliphatic hydroxyl groups is 2. The van der Waals surface area contributed by atoms with Crippen molar-refractivity contribution >= 4 is 21.5 Å². The Morgan fingerprint density at radius 1 is 1.13 bits per heavy atom. The fourth-order valence-electron chi connectivity index (χ4n) is 3.33. The van der Waals surface area contributed by atoms with Crippen LogP contribution >= 0.6 is 0 Å². The van der Waals surface area contributed by atoms with Gasteiger partial charge in [-0.2, -0.15) is 8.42 Å². The summed E-state index contributed by atoms with van der Waals surface area (Å²) in [7, 11) is -4.21. The zero-order chi connectivity index (χ0) is 21.3. The van der Waals surface area contributed by atoms with E-state index in [1.165, 1.54) is 10.9 Å². The topological polar surface area (TPSA) is 163 Å². The van der Waals surface area contributed by atoms with E-state index < -0.39 is 41.5 Å². The van der Waals surface area contributed by atoms with E-state index in [0.29, 0.717) is 23.4 Å². The summed E-state index contributed by atoms with van der Waals surface area (Å²) in [5, 5.41) is 25.4. The first-order valence-electron chi connectivity index (χ1n) is 9.23. The Balaban J connectivity index is 1.53. The zero-order valence-corrected chi connectivity index (χ0v) is 16.6. The first-order valence-corrected chi connectivity index (χ1v) is 10.7. The van der Waals surface area contributed by atoms with E-state index in [4.69, 9.17) is 9.88 Å². The van der Waals surface area contributed by atoms with Gasteiger partial charge in [-0.25, -0.2) is 20.1 Å². The number of hydrogen-bond donors (Lipinski definition) is 3. The van der Waals surface area contributed by atoms with Crippen molar-refractivity contribution in [2.45, 2.75) is 37.4 Å². The molecule has 3 heterocycles. The average molecular weight is 435 g/mol. The normalized spacial score (nSPS) is 24.5. The molecule has 160 valence electrons. The molecule has 30 heavy (non-hydrogen) atoms. The molecule has 1 fully saturated rings. The van der Waals surface area contributed by atoms with Crippen LogP contribution in [-0.4, -0.2) is 63.1 Å². The summed E-state index contributed by atoms with van der Waals surface area (Å²) in [6.07, 6.45) is -0.493. The molecule has 2 aromatic heterocycles. The fourth-order valence-corrected chi connectivity index (χ4v) is 3.65. The molecule has 11 nitrogen and oxygen atoms in total. The minimum absolute atomic E-state index is 0.428. The number of aliphatic hydroxyl groups excluding tert-OH is 2. The molecule has 0 amide bonds. The SMILES string of the molecule is NS(=O)(=O)OC[C@H]1O[C@@H](n2cnc3cnc(CCc4ccccc4)nc32)[C@H](O)[C@@H]1O. The van der Waals surface area contributed by atoms with Crippen LogP contribution in [0.4, 0.5) is 0 Å². The number of aromatic nitrogens is 4. The van der Waals surface area contributed by atoms with Crippen molar-refractivity contribution in [1.29, 1.82) is 0 Å². The molecule has 4 atom stereocenters. The van der Waals surface area contributed by atoms with Crippen LogP contribution in [0.15, 0.2) is 42.9 Å². The first-order chi connectivity index (χ1) is 14.3. The van der Waals surface area contributed by atoms with Gasteiger partial charge < -0.3 is 14.9 Å². The van der Waals surface area contributed by atoms with E-state index in [0.717, 1.165) is 12.0 Å². The standard InChI is InChI=1S/C18H21N5O6S/c19-30(26,27)28-9-13-15(24)16(25)18(29-13)23-10-21-12-8-20-14(22-17(12)23)7-6-11-4-2-1-3-5-11/h1-5,8,10,13,15-16,18,24-25H,6-7,9H2,(H2,19,26,27)/t13-,15-,16-,18-/m1/s1. The molecule has 0 bridgehead atoms. The second-order valence-corrected chi connectivity index (χ2v) is 8.18. The van der Waals surface area contributed by atoms with E-state index in [1.54, 1.807) is 6.20 Å². The van der Waals surface area contributed by atoms with Gasteiger partial charge in [0, 0.05) is 6.42 Å². The zero-order valence-electron chi connectivity index (χ0n) is 15.8. The number of hydrogen-bond acceptors (Lipinski definition) is 9. The van der Waals surface area contributed by atoms with E-state index in [9.17, 15) is 18.6 Å². The molecule has 1 saturated heterocycles. The Bertz CT molecular complexity index is 1120. The lowest BCUT2D eigenvalue weighted by molar-refractivity contribution is -0.0467. The van der Waals surface area contributed by atoms with Gasteiger partial charge in [-0.05, 0) is 12.0 Å². The number of fused-ring (bicyclic) bond motifs is 1. The van der Waals surface area contributed by atoms with Crippen LogP contribution in [-0.2, 0) is 32.1 Å².